The molecule has 24 heavy (non-hydrogen) atoms. The average molecular weight is 324 g/mol. The first-order valence-corrected chi connectivity index (χ1v) is 7.82. The Hall–Kier alpha value is -2.87. The molecule has 0 aliphatic carbocycles. The molecule has 1 unspecified atom stereocenters. The molecular weight excluding hydrogens is 303 g/mol. The highest BCUT2D eigenvalue weighted by atomic mass is 19.1. The Kier molecular flexibility index (Phi) is 6.32. The molecule has 0 bridgehead atoms. The standard InChI is InChI=1S/C19H21FN4/c1-14(16-6-4-3-5-7-16)12-23-19(22-2)24-13-17-10-15(11-21)8-9-18(17)20/h3-10,14H,12-13H2,1-2H3,(H2,22,23,24). The van der Waals surface area contributed by atoms with Gasteiger partial charge in [-0.1, -0.05) is 37.3 Å². The smallest absolute Gasteiger partial charge is 0.191 e. The van der Waals surface area contributed by atoms with E-state index in [-0.39, 0.29) is 12.4 Å². The molecule has 0 fully saturated rings. The largest absolute Gasteiger partial charge is 0.356 e. The van der Waals surface area contributed by atoms with Gasteiger partial charge in [-0.15, -0.1) is 0 Å². The number of nitrogens with zero attached hydrogens (tertiary/aromatic N) is 2. The van der Waals surface area contributed by atoms with Crippen molar-refractivity contribution in [2.45, 2.75) is 19.4 Å². The van der Waals surface area contributed by atoms with E-state index in [0.29, 0.717) is 29.5 Å². The number of halogens is 1. The quantitative estimate of drug-likeness (QED) is 0.656. The lowest BCUT2D eigenvalue weighted by Gasteiger charge is -2.16. The highest BCUT2D eigenvalue weighted by Crippen LogP contribution is 2.13. The van der Waals surface area contributed by atoms with Gasteiger partial charge in [0, 0.05) is 25.7 Å². The zero-order valence-corrected chi connectivity index (χ0v) is 13.9. The van der Waals surface area contributed by atoms with Crippen molar-refractivity contribution in [3.05, 3.63) is 71.0 Å². The maximum absolute atomic E-state index is 13.8. The molecule has 2 aromatic rings. The maximum atomic E-state index is 13.8. The summed E-state index contributed by atoms with van der Waals surface area (Å²) in [6.07, 6.45) is 0. The lowest BCUT2D eigenvalue weighted by atomic mass is 10.0. The Morgan fingerprint density at radius 3 is 2.62 bits per heavy atom. The molecule has 2 N–H and O–H groups in total. The first-order valence-electron chi connectivity index (χ1n) is 7.82. The van der Waals surface area contributed by atoms with Crippen molar-refractivity contribution >= 4 is 5.96 Å². The fourth-order valence-corrected chi connectivity index (χ4v) is 2.33. The molecule has 0 aromatic heterocycles. The van der Waals surface area contributed by atoms with Crippen LogP contribution in [0, 0.1) is 17.1 Å². The second-order valence-corrected chi connectivity index (χ2v) is 5.54. The van der Waals surface area contributed by atoms with Crippen LogP contribution in [0.2, 0.25) is 0 Å². The maximum Gasteiger partial charge on any atom is 0.191 e. The topological polar surface area (TPSA) is 60.2 Å². The SMILES string of the molecule is CN=C(NCc1cc(C#N)ccc1F)NCC(C)c1ccccc1. The average Bonchev–Trinajstić information content (AvgIpc) is 2.63. The number of rotatable bonds is 5. The van der Waals surface area contributed by atoms with Crippen LogP contribution in [0.3, 0.4) is 0 Å². The van der Waals surface area contributed by atoms with Crippen LogP contribution in [0.25, 0.3) is 0 Å². The van der Waals surface area contributed by atoms with Gasteiger partial charge in [-0.25, -0.2) is 4.39 Å². The number of aliphatic imine (C=N–C) groups is 1. The van der Waals surface area contributed by atoms with Gasteiger partial charge in [0.2, 0.25) is 0 Å². The van der Waals surface area contributed by atoms with E-state index in [4.69, 9.17) is 5.26 Å². The number of hydrogen-bond donors (Lipinski definition) is 2. The van der Waals surface area contributed by atoms with Gasteiger partial charge in [-0.2, -0.15) is 5.26 Å². The second kappa shape index (κ2) is 8.68. The van der Waals surface area contributed by atoms with E-state index in [2.05, 4.69) is 34.7 Å². The second-order valence-electron chi connectivity index (χ2n) is 5.54. The summed E-state index contributed by atoms with van der Waals surface area (Å²) in [4.78, 5) is 4.15. The van der Waals surface area contributed by atoms with Gasteiger partial charge in [0.1, 0.15) is 5.82 Å². The van der Waals surface area contributed by atoms with E-state index in [9.17, 15) is 4.39 Å². The van der Waals surface area contributed by atoms with Crippen molar-refractivity contribution in [2.24, 2.45) is 4.99 Å². The van der Waals surface area contributed by atoms with Gasteiger partial charge in [0.25, 0.3) is 0 Å². The van der Waals surface area contributed by atoms with Gasteiger partial charge < -0.3 is 10.6 Å². The van der Waals surface area contributed by atoms with E-state index in [1.54, 1.807) is 13.1 Å². The number of hydrogen-bond acceptors (Lipinski definition) is 2. The van der Waals surface area contributed by atoms with Crippen LogP contribution in [-0.4, -0.2) is 19.6 Å². The third kappa shape index (κ3) is 4.82. The first kappa shape index (κ1) is 17.5. The molecule has 0 saturated heterocycles. The Bertz CT molecular complexity index is 735. The minimum Gasteiger partial charge on any atom is -0.356 e. The molecule has 0 radical (unpaired) electrons. The summed E-state index contributed by atoms with van der Waals surface area (Å²) >= 11 is 0. The summed E-state index contributed by atoms with van der Waals surface area (Å²) in [6.45, 7) is 3.11. The van der Waals surface area contributed by atoms with Crippen molar-refractivity contribution in [3.8, 4) is 6.07 Å². The van der Waals surface area contributed by atoms with E-state index < -0.39 is 0 Å². The Morgan fingerprint density at radius 1 is 1.21 bits per heavy atom. The van der Waals surface area contributed by atoms with Crippen molar-refractivity contribution in [2.75, 3.05) is 13.6 Å². The summed E-state index contributed by atoms with van der Waals surface area (Å²) in [6, 6.07) is 16.5. The number of nitriles is 1. The third-order valence-electron chi connectivity index (χ3n) is 3.79. The van der Waals surface area contributed by atoms with Crippen molar-refractivity contribution in [1.29, 1.82) is 5.26 Å². The van der Waals surface area contributed by atoms with E-state index in [1.807, 2.05) is 24.3 Å². The van der Waals surface area contributed by atoms with E-state index in [1.165, 1.54) is 17.7 Å². The van der Waals surface area contributed by atoms with Crippen LogP contribution in [0.15, 0.2) is 53.5 Å². The molecule has 0 aliphatic rings. The molecule has 0 amide bonds. The van der Waals surface area contributed by atoms with Crippen molar-refractivity contribution in [3.63, 3.8) is 0 Å². The summed E-state index contributed by atoms with van der Waals surface area (Å²) in [7, 11) is 1.67. The van der Waals surface area contributed by atoms with Crippen molar-refractivity contribution < 1.29 is 4.39 Å². The molecule has 124 valence electrons. The van der Waals surface area contributed by atoms with Crippen LogP contribution in [0.4, 0.5) is 4.39 Å². The molecule has 0 heterocycles. The van der Waals surface area contributed by atoms with Gasteiger partial charge >= 0.3 is 0 Å². The molecule has 0 saturated carbocycles. The predicted octanol–water partition coefficient (Wildman–Crippen LogP) is 3.17. The number of benzene rings is 2. The van der Waals surface area contributed by atoms with Crippen LogP contribution in [0.1, 0.15) is 29.5 Å². The monoisotopic (exact) mass is 324 g/mol. The highest BCUT2D eigenvalue weighted by molar-refractivity contribution is 5.79. The number of guanidine groups is 1. The minimum absolute atomic E-state index is 0.265. The first-order chi connectivity index (χ1) is 11.6. The van der Waals surface area contributed by atoms with E-state index >= 15 is 0 Å². The molecule has 2 rings (SSSR count). The van der Waals surface area contributed by atoms with Crippen LogP contribution < -0.4 is 10.6 Å². The lowest BCUT2D eigenvalue weighted by Crippen LogP contribution is -2.38. The highest BCUT2D eigenvalue weighted by Gasteiger charge is 2.08. The molecular formula is C19H21FN4. The zero-order chi connectivity index (χ0) is 17.4. The van der Waals surface area contributed by atoms with E-state index in [0.717, 1.165) is 0 Å². The minimum atomic E-state index is -0.338. The fraction of sp³-hybridized carbons (Fsp3) is 0.263. The lowest BCUT2D eigenvalue weighted by molar-refractivity contribution is 0.603. The molecule has 0 spiro atoms. The third-order valence-corrected chi connectivity index (χ3v) is 3.79. The molecule has 1 atom stereocenters. The zero-order valence-electron chi connectivity index (χ0n) is 13.9. The van der Waals surface area contributed by atoms with Gasteiger partial charge in [0.15, 0.2) is 5.96 Å². The number of nitrogens with one attached hydrogen (secondary N) is 2. The predicted molar refractivity (Wildman–Crippen MR) is 94.2 cm³/mol. The summed E-state index contributed by atoms with van der Waals surface area (Å²) in [5, 5.41) is 15.2. The summed E-state index contributed by atoms with van der Waals surface area (Å²) in [5.74, 6) is 0.581. The van der Waals surface area contributed by atoms with Gasteiger partial charge in [0.05, 0.1) is 11.6 Å². The molecule has 0 aliphatic heterocycles. The Balaban J connectivity index is 1.90. The van der Waals surface area contributed by atoms with Crippen LogP contribution in [-0.2, 0) is 6.54 Å². The van der Waals surface area contributed by atoms with Crippen LogP contribution in [0.5, 0.6) is 0 Å². The molecule has 2 aromatic carbocycles. The van der Waals surface area contributed by atoms with Crippen LogP contribution >= 0.6 is 0 Å². The van der Waals surface area contributed by atoms with Crippen molar-refractivity contribution in [1.82, 2.24) is 10.6 Å². The Labute approximate surface area is 142 Å². The fourth-order valence-electron chi connectivity index (χ4n) is 2.33. The van der Waals surface area contributed by atoms with Gasteiger partial charge in [-0.05, 0) is 29.7 Å². The normalized spacial score (nSPS) is 12.3. The Morgan fingerprint density at radius 2 is 1.96 bits per heavy atom. The van der Waals surface area contributed by atoms with Gasteiger partial charge in [-0.3, -0.25) is 4.99 Å². The summed E-state index contributed by atoms with van der Waals surface area (Å²) < 4.78 is 13.8. The molecule has 5 heteroatoms. The molecule has 4 nitrogen and oxygen atoms in total. The summed E-state index contributed by atoms with van der Waals surface area (Å²) in [5.41, 5.74) is 2.12.